The highest BCUT2D eigenvalue weighted by atomic mass is 32.2. The summed E-state index contributed by atoms with van der Waals surface area (Å²) in [5.74, 6) is 3.44. The maximum absolute atomic E-state index is 6.11. The van der Waals surface area contributed by atoms with Crippen molar-refractivity contribution in [2.75, 3.05) is 37.4 Å². The first-order valence-corrected chi connectivity index (χ1v) is 8.66. The zero-order chi connectivity index (χ0) is 15.4. The molecule has 2 aromatic rings. The molecule has 0 aromatic heterocycles. The van der Waals surface area contributed by atoms with E-state index in [-0.39, 0.29) is 0 Å². The Kier molecular flexibility index (Phi) is 2.82. The molecular weight excluding hydrogens is 310 g/mol. The van der Waals surface area contributed by atoms with Gasteiger partial charge in [0.05, 0.1) is 12.2 Å². The third-order valence-corrected chi connectivity index (χ3v) is 5.29. The maximum atomic E-state index is 6.11. The molecule has 0 spiro atoms. The summed E-state index contributed by atoms with van der Waals surface area (Å²) in [6, 6.07) is 8.07. The summed E-state index contributed by atoms with van der Waals surface area (Å²) in [7, 11) is 2.12. The minimum absolute atomic E-state index is 0.625. The highest BCUT2D eigenvalue weighted by molar-refractivity contribution is 7.99. The quantitative estimate of drug-likeness (QED) is 0.636. The van der Waals surface area contributed by atoms with Crippen molar-refractivity contribution in [3.05, 3.63) is 35.0 Å². The Morgan fingerprint density at radius 1 is 1.09 bits per heavy atom. The molecule has 0 saturated heterocycles. The number of thioether (sulfide) groups is 1. The van der Waals surface area contributed by atoms with E-state index >= 15 is 0 Å². The number of ether oxygens (including phenoxy) is 2. The smallest absolute Gasteiger partial charge is 0.155 e. The first-order valence-electron chi connectivity index (χ1n) is 7.68. The predicted octanol–water partition coefficient (Wildman–Crippen LogP) is 2.30. The lowest BCUT2D eigenvalue weighted by molar-refractivity contribution is 0.308. The molecule has 0 amide bonds. The van der Waals surface area contributed by atoms with Crippen molar-refractivity contribution >= 4 is 23.1 Å². The minimum atomic E-state index is 0.625. The normalized spacial score (nSPS) is 17.3. The molecular formula is C17H15N3O2S. The van der Waals surface area contributed by atoms with Crippen LogP contribution in [0.25, 0.3) is 0 Å². The fourth-order valence-electron chi connectivity index (χ4n) is 3.05. The lowest BCUT2D eigenvalue weighted by Crippen LogP contribution is -2.25. The summed E-state index contributed by atoms with van der Waals surface area (Å²) < 4.78 is 11.8. The topological polar surface area (TPSA) is 46.4 Å². The molecule has 0 unspecified atom stereocenters. The Morgan fingerprint density at radius 2 is 2.00 bits per heavy atom. The van der Waals surface area contributed by atoms with Gasteiger partial charge in [-0.2, -0.15) is 0 Å². The molecule has 23 heavy (non-hydrogen) atoms. The van der Waals surface area contributed by atoms with Crippen LogP contribution < -0.4 is 25.1 Å². The van der Waals surface area contributed by atoms with Gasteiger partial charge in [0, 0.05) is 42.4 Å². The van der Waals surface area contributed by atoms with Crippen LogP contribution in [0.5, 0.6) is 17.2 Å². The summed E-state index contributed by atoms with van der Waals surface area (Å²) in [5.41, 5.74) is 2.09. The Hall–Kier alpha value is -2.21. The van der Waals surface area contributed by atoms with Crippen molar-refractivity contribution in [3.63, 3.8) is 0 Å². The predicted molar refractivity (Wildman–Crippen MR) is 89.3 cm³/mol. The van der Waals surface area contributed by atoms with Crippen molar-refractivity contribution in [1.82, 2.24) is 0 Å². The van der Waals surface area contributed by atoms with Gasteiger partial charge in [0.25, 0.3) is 0 Å². The number of anilines is 1. The molecule has 0 saturated carbocycles. The van der Waals surface area contributed by atoms with Gasteiger partial charge in [0.1, 0.15) is 28.8 Å². The van der Waals surface area contributed by atoms with E-state index < -0.39 is 0 Å². The molecule has 5 rings (SSSR count). The van der Waals surface area contributed by atoms with Crippen LogP contribution in [0.3, 0.4) is 0 Å². The lowest BCUT2D eigenvalue weighted by Gasteiger charge is -2.28. The van der Waals surface area contributed by atoms with Crippen molar-refractivity contribution < 1.29 is 9.47 Å². The van der Waals surface area contributed by atoms with Crippen LogP contribution in [0.1, 0.15) is 0 Å². The van der Waals surface area contributed by atoms with Crippen LogP contribution >= 0.6 is 11.8 Å². The SMILES string of the molecule is CN1CCSc2cc3c(cc21)Oc1cc2c(cc1=N3)OCCN=2. The van der Waals surface area contributed by atoms with Gasteiger partial charge in [-0.3, -0.25) is 4.99 Å². The molecule has 0 fully saturated rings. The average Bonchev–Trinajstić information content (AvgIpc) is 2.57. The van der Waals surface area contributed by atoms with Crippen LogP contribution in [-0.2, 0) is 0 Å². The number of rotatable bonds is 0. The van der Waals surface area contributed by atoms with Gasteiger partial charge in [0.15, 0.2) is 11.5 Å². The van der Waals surface area contributed by atoms with E-state index in [4.69, 9.17) is 14.5 Å². The molecule has 0 bridgehead atoms. The van der Waals surface area contributed by atoms with E-state index in [2.05, 4.69) is 29.1 Å². The first-order chi connectivity index (χ1) is 11.3. The monoisotopic (exact) mass is 325 g/mol. The number of benzene rings is 2. The van der Waals surface area contributed by atoms with Crippen molar-refractivity contribution in [3.8, 4) is 17.2 Å². The second kappa shape index (κ2) is 4.89. The first kappa shape index (κ1) is 13.2. The molecule has 0 atom stereocenters. The second-order valence-corrected chi connectivity index (χ2v) is 6.93. The van der Waals surface area contributed by atoms with Crippen molar-refractivity contribution in [2.24, 2.45) is 9.98 Å². The van der Waals surface area contributed by atoms with Crippen LogP contribution in [0.4, 0.5) is 11.4 Å². The van der Waals surface area contributed by atoms with Crippen LogP contribution in [0.2, 0.25) is 0 Å². The van der Waals surface area contributed by atoms with E-state index in [1.54, 1.807) is 0 Å². The lowest BCUT2D eigenvalue weighted by atomic mass is 10.2. The van der Waals surface area contributed by atoms with Crippen LogP contribution in [0, 0.1) is 0 Å². The van der Waals surface area contributed by atoms with Gasteiger partial charge in [0.2, 0.25) is 0 Å². The Labute approximate surface area is 137 Å². The maximum Gasteiger partial charge on any atom is 0.155 e. The summed E-state index contributed by atoms with van der Waals surface area (Å²) in [5, 5.41) is 1.65. The van der Waals surface area contributed by atoms with Crippen molar-refractivity contribution in [2.45, 2.75) is 4.90 Å². The molecule has 0 aliphatic carbocycles. The Balaban J connectivity index is 1.70. The number of hydrogen-bond donors (Lipinski definition) is 0. The fourth-order valence-corrected chi connectivity index (χ4v) is 4.19. The largest absolute Gasteiger partial charge is 0.489 e. The molecule has 3 aliphatic heterocycles. The number of hydrogen-bond acceptors (Lipinski definition) is 6. The summed E-state index contributed by atoms with van der Waals surface area (Å²) in [6.45, 7) is 2.36. The summed E-state index contributed by atoms with van der Waals surface area (Å²) >= 11 is 1.87. The highest BCUT2D eigenvalue weighted by Crippen LogP contribution is 2.44. The van der Waals surface area contributed by atoms with Gasteiger partial charge in [-0.15, -0.1) is 11.8 Å². The van der Waals surface area contributed by atoms with Gasteiger partial charge in [-0.25, -0.2) is 4.99 Å². The Bertz CT molecular complexity index is 942. The van der Waals surface area contributed by atoms with Crippen molar-refractivity contribution in [1.29, 1.82) is 0 Å². The van der Waals surface area contributed by atoms with Gasteiger partial charge in [-0.1, -0.05) is 0 Å². The zero-order valence-electron chi connectivity index (χ0n) is 12.7. The molecule has 5 nitrogen and oxygen atoms in total. The second-order valence-electron chi connectivity index (χ2n) is 5.79. The van der Waals surface area contributed by atoms with Gasteiger partial charge in [-0.05, 0) is 6.07 Å². The molecule has 3 heterocycles. The van der Waals surface area contributed by atoms with Gasteiger partial charge >= 0.3 is 0 Å². The van der Waals surface area contributed by atoms with E-state index in [1.165, 1.54) is 10.6 Å². The average molecular weight is 325 g/mol. The summed E-state index contributed by atoms with van der Waals surface area (Å²) in [4.78, 5) is 12.8. The van der Waals surface area contributed by atoms with Crippen LogP contribution in [-0.4, -0.2) is 32.5 Å². The number of nitrogens with zero attached hydrogens (tertiary/aromatic N) is 3. The minimum Gasteiger partial charge on any atom is -0.489 e. The molecule has 0 N–H and O–H groups in total. The zero-order valence-corrected chi connectivity index (χ0v) is 13.5. The number of fused-ring (bicyclic) bond motifs is 4. The standard InChI is InChI=1S/C17H15N3O2S/c1-20-3-5-23-17-8-12-16(9-13(17)20)22-15-6-10-14(7-11(15)19-12)21-4-2-18-10/h6-9H,2-5H2,1H3. The van der Waals surface area contributed by atoms with Crippen LogP contribution in [0.15, 0.2) is 39.1 Å². The van der Waals surface area contributed by atoms with E-state index in [0.29, 0.717) is 13.2 Å². The van der Waals surface area contributed by atoms with E-state index in [0.717, 1.165) is 45.9 Å². The van der Waals surface area contributed by atoms with E-state index in [1.807, 2.05) is 23.9 Å². The third-order valence-electron chi connectivity index (χ3n) is 4.27. The molecule has 6 heteroatoms. The Morgan fingerprint density at radius 3 is 2.96 bits per heavy atom. The fraction of sp³-hybridized carbons (Fsp3) is 0.294. The summed E-state index contributed by atoms with van der Waals surface area (Å²) in [6.07, 6.45) is 0. The highest BCUT2D eigenvalue weighted by Gasteiger charge is 2.21. The molecule has 0 radical (unpaired) electrons. The molecule has 3 aliphatic rings. The van der Waals surface area contributed by atoms with Gasteiger partial charge < -0.3 is 14.4 Å². The van der Waals surface area contributed by atoms with E-state index in [9.17, 15) is 0 Å². The molecule has 116 valence electrons. The molecule has 2 aromatic carbocycles. The third kappa shape index (κ3) is 2.09.